The third-order valence-electron chi connectivity index (χ3n) is 3.89. The fraction of sp³-hybridized carbons (Fsp3) is 0.375. The monoisotopic (exact) mass is 304 g/mol. The number of benzene rings is 1. The predicted molar refractivity (Wildman–Crippen MR) is 82.9 cm³/mol. The van der Waals surface area contributed by atoms with E-state index in [-0.39, 0.29) is 23.8 Å². The first kappa shape index (κ1) is 15.9. The number of carbonyl (C=O) groups excluding carboxylic acids is 1. The summed E-state index contributed by atoms with van der Waals surface area (Å²) in [6.45, 7) is 7.28. The molecule has 0 saturated carbocycles. The van der Waals surface area contributed by atoms with E-state index in [2.05, 4.69) is 11.9 Å². The molecule has 2 amide bonds. The van der Waals surface area contributed by atoms with E-state index in [1.165, 1.54) is 11.0 Å². The van der Waals surface area contributed by atoms with Gasteiger partial charge >= 0.3 is 12.0 Å². The second-order valence-electron chi connectivity index (χ2n) is 5.60. The van der Waals surface area contributed by atoms with Crippen LogP contribution in [0.25, 0.3) is 0 Å². The van der Waals surface area contributed by atoms with E-state index in [4.69, 9.17) is 5.11 Å². The number of aliphatic carboxylic acids is 1. The molecule has 1 aromatic rings. The van der Waals surface area contributed by atoms with Crippen LogP contribution < -0.4 is 10.2 Å². The van der Waals surface area contributed by atoms with E-state index >= 15 is 0 Å². The average Bonchev–Trinajstić information content (AvgIpc) is 2.42. The number of aromatic hydroxyl groups is 1. The molecule has 0 bridgehead atoms. The van der Waals surface area contributed by atoms with Gasteiger partial charge in [-0.25, -0.2) is 9.59 Å². The summed E-state index contributed by atoms with van der Waals surface area (Å²) in [5.74, 6) is -0.983. The van der Waals surface area contributed by atoms with Crippen molar-refractivity contribution >= 4 is 17.7 Å². The second kappa shape index (κ2) is 5.71. The number of hydrogen-bond donors (Lipinski definition) is 3. The van der Waals surface area contributed by atoms with E-state index in [0.717, 1.165) is 6.42 Å². The zero-order valence-electron chi connectivity index (χ0n) is 12.7. The number of phenols is 1. The van der Waals surface area contributed by atoms with Gasteiger partial charge in [0.15, 0.2) is 0 Å². The summed E-state index contributed by atoms with van der Waals surface area (Å²) in [7, 11) is 0. The van der Waals surface area contributed by atoms with E-state index < -0.39 is 11.6 Å². The normalized spacial score (nSPS) is 20.3. The number of carboxylic acids is 1. The Balaban J connectivity index is 2.37. The molecule has 3 N–H and O–H groups in total. The molecule has 1 atom stereocenters. The van der Waals surface area contributed by atoms with Crippen LogP contribution in [-0.2, 0) is 4.79 Å². The average molecular weight is 304 g/mol. The summed E-state index contributed by atoms with van der Waals surface area (Å²) in [6.07, 6.45) is 1.47. The molecule has 0 spiro atoms. The lowest BCUT2D eigenvalue weighted by atomic mass is 9.89. The molecule has 1 heterocycles. The molecule has 1 unspecified atom stereocenters. The maximum atomic E-state index is 12.0. The minimum atomic E-state index is -1.08. The van der Waals surface area contributed by atoms with Gasteiger partial charge in [0.05, 0.1) is 5.69 Å². The lowest BCUT2D eigenvalue weighted by Crippen LogP contribution is -2.76. The highest BCUT2D eigenvalue weighted by molar-refractivity contribution is 6.01. The van der Waals surface area contributed by atoms with E-state index in [1.807, 2.05) is 6.92 Å². The maximum absolute atomic E-state index is 12.0. The lowest BCUT2D eigenvalue weighted by molar-refractivity contribution is -0.133. The summed E-state index contributed by atoms with van der Waals surface area (Å²) >= 11 is 0. The van der Waals surface area contributed by atoms with Crippen LogP contribution in [0, 0.1) is 6.92 Å². The number of aryl methyl sites for hydroxylation is 1. The molecule has 6 nitrogen and oxygen atoms in total. The molecular weight excluding hydrogens is 284 g/mol. The molecule has 1 saturated heterocycles. The van der Waals surface area contributed by atoms with Gasteiger partial charge in [-0.1, -0.05) is 26.0 Å². The molecule has 1 aliphatic rings. The molecule has 0 radical (unpaired) electrons. The van der Waals surface area contributed by atoms with Gasteiger partial charge in [0.2, 0.25) is 0 Å². The Morgan fingerprint density at radius 3 is 2.64 bits per heavy atom. The van der Waals surface area contributed by atoms with Gasteiger partial charge in [0.25, 0.3) is 0 Å². The molecular formula is C16H20N2O4. The van der Waals surface area contributed by atoms with Crippen molar-refractivity contribution in [2.24, 2.45) is 0 Å². The van der Waals surface area contributed by atoms with Crippen molar-refractivity contribution in [2.45, 2.75) is 38.8 Å². The predicted octanol–water partition coefficient (Wildman–Crippen LogP) is 2.76. The Morgan fingerprint density at radius 1 is 1.45 bits per heavy atom. The number of anilines is 1. The van der Waals surface area contributed by atoms with Crippen molar-refractivity contribution in [3.63, 3.8) is 0 Å². The third kappa shape index (κ3) is 2.64. The molecule has 0 aromatic heterocycles. The Kier molecular flexibility index (Phi) is 4.12. The van der Waals surface area contributed by atoms with Gasteiger partial charge in [-0.3, -0.25) is 4.90 Å². The first-order valence-electron chi connectivity index (χ1n) is 7.14. The third-order valence-corrected chi connectivity index (χ3v) is 3.89. The van der Waals surface area contributed by atoms with Crippen molar-refractivity contribution in [2.75, 3.05) is 4.90 Å². The molecule has 1 aliphatic heterocycles. The second-order valence-corrected chi connectivity index (χ2v) is 5.60. The number of nitrogens with zero attached hydrogens (tertiary/aromatic N) is 1. The molecule has 22 heavy (non-hydrogen) atoms. The summed E-state index contributed by atoms with van der Waals surface area (Å²) in [4.78, 5) is 24.6. The van der Waals surface area contributed by atoms with Crippen molar-refractivity contribution in [3.05, 3.63) is 35.9 Å². The summed E-state index contributed by atoms with van der Waals surface area (Å²) in [6, 6.07) is 4.66. The summed E-state index contributed by atoms with van der Waals surface area (Å²) in [5.41, 5.74) is 0.484. The van der Waals surface area contributed by atoms with Gasteiger partial charge in [0.1, 0.15) is 11.4 Å². The van der Waals surface area contributed by atoms with E-state index in [1.54, 1.807) is 19.1 Å². The van der Waals surface area contributed by atoms with Gasteiger partial charge in [-0.15, -0.1) is 0 Å². The first-order valence-corrected chi connectivity index (χ1v) is 7.14. The van der Waals surface area contributed by atoms with Gasteiger partial charge in [0, 0.05) is 18.1 Å². The van der Waals surface area contributed by atoms with Crippen LogP contribution in [0.3, 0.4) is 0 Å². The van der Waals surface area contributed by atoms with Crippen LogP contribution in [0.15, 0.2) is 30.4 Å². The van der Waals surface area contributed by atoms with Crippen LogP contribution in [-0.4, -0.2) is 27.9 Å². The smallest absolute Gasteiger partial charge is 0.331 e. The molecule has 1 fully saturated rings. The zero-order chi connectivity index (χ0) is 16.5. The highest BCUT2D eigenvalue weighted by atomic mass is 16.4. The van der Waals surface area contributed by atoms with Crippen LogP contribution in [0.1, 0.15) is 31.7 Å². The lowest BCUT2D eigenvalue weighted by Gasteiger charge is -2.53. The molecule has 2 rings (SSSR count). The molecule has 118 valence electrons. The minimum Gasteiger partial charge on any atom is -0.508 e. The Labute approximate surface area is 129 Å². The number of phenolic OH excluding ortho intramolecular Hbond substituents is 1. The molecule has 1 aromatic carbocycles. The number of carbonyl (C=O) groups is 2. The number of amides is 2. The van der Waals surface area contributed by atoms with Crippen LogP contribution >= 0.6 is 0 Å². The maximum Gasteiger partial charge on any atom is 0.331 e. The fourth-order valence-electron chi connectivity index (χ4n) is 2.78. The van der Waals surface area contributed by atoms with Crippen molar-refractivity contribution < 1.29 is 19.8 Å². The van der Waals surface area contributed by atoms with Crippen LogP contribution in [0.2, 0.25) is 0 Å². The number of hydrogen-bond acceptors (Lipinski definition) is 3. The largest absolute Gasteiger partial charge is 0.508 e. The number of nitrogens with one attached hydrogen (secondary N) is 1. The van der Waals surface area contributed by atoms with E-state index in [0.29, 0.717) is 17.7 Å². The summed E-state index contributed by atoms with van der Waals surface area (Å²) < 4.78 is 0. The highest BCUT2D eigenvalue weighted by Gasteiger charge is 2.51. The SMILES string of the molecule is C=C(CC1(CCC)NC(=O)N1c1ccc(C)c(O)c1)C(=O)O. The number of rotatable bonds is 6. The van der Waals surface area contributed by atoms with Gasteiger partial charge in [-0.2, -0.15) is 0 Å². The zero-order valence-corrected chi connectivity index (χ0v) is 12.7. The Bertz CT molecular complexity index is 641. The fourth-order valence-corrected chi connectivity index (χ4v) is 2.78. The Morgan fingerprint density at radius 2 is 2.14 bits per heavy atom. The molecule has 0 aliphatic carbocycles. The van der Waals surface area contributed by atoms with Gasteiger partial charge < -0.3 is 15.5 Å². The Hall–Kier alpha value is -2.50. The quantitative estimate of drug-likeness (QED) is 0.705. The summed E-state index contributed by atoms with van der Waals surface area (Å²) in [5, 5.41) is 21.7. The first-order chi connectivity index (χ1) is 10.3. The van der Waals surface area contributed by atoms with Crippen molar-refractivity contribution in [3.8, 4) is 5.75 Å². The topological polar surface area (TPSA) is 89.9 Å². The number of carboxylic acid groups (broad SMARTS) is 1. The van der Waals surface area contributed by atoms with Gasteiger partial charge in [-0.05, 0) is 25.0 Å². The number of urea groups is 1. The minimum absolute atomic E-state index is 0.0368. The standard InChI is InChI=1S/C16H20N2O4/c1-4-7-16(9-11(3)14(20)21)17-15(22)18(16)12-6-5-10(2)13(19)8-12/h5-6,8,19H,3-4,7,9H2,1-2H3,(H,17,22)(H,20,21). The molecule has 6 heteroatoms. The van der Waals surface area contributed by atoms with Crippen molar-refractivity contribution in [1.29, 1.82) is 0 Å². The van der Waals surface area contributed by atoms with Crippen molar-refractivity contribution in [1.82, 2.24) is 5.32 Å². The highest BCUT2D eigenvalue weighted by Crippen LogP contribution is 2.39. The van der Waals surface area contributed by atoms with E-state index in [9.17, 15) is 14.7 Å². The van der Waals surface area contributed by atoms with Crippen LogP contribution in [0.4, 0.5) is 10.5 Å². The van der Waals surface area contributed by atoms with Crippen LogP contribution in [0.5, 0.6) is 5.75 Å².